The summed E-state index contributed by atoms with van der Waals surface area (Å²) in [4.78, 5) is 15.1. The number of hydrogen-bond donors (Lipinski definition) is 0. The maximum absolute atomic E-state index is 13.2. The second-order valence-corrected chi connectivity index (χ2v) is 8.94. The van der Waals surface area contributed by atoms with Gasteiger partial charge in [0.2, 0.25) is 5.91 Å². The molecule has 2 aliphatic heterocycles. The molecule has 9 heteroatoms. The van der Waals surface area contributed by atoms with E-state index in [9.17, 15) is 4.79 Å². The van der Waals surface area contributed by atoms with Gasteiger partial charge in [-0.25, -0.2) is 0 Å². The van der Waals surface area contributed by atoms with E-state index in [0.29, 0.717) is 29.9 Å². The fourth-order valence-corrected chi connectivity index (χ4v) is 5.19. The number of aromatic nitrogens is 3. The van der Waals surface area contributed by atoms with Crippen molar-refractivity contribution in [1.29, 1.82) is 0 Å². The predicted molar refractivity (Wildman–Crippen MR) is 125 cm³/mol. The van der Waals surface area contributed by atoms with Gasteiger partial charge in [-0.05, 0) is 42.7 Å². The number of benzene rings is 2. The van der Waals surface area contributed by atoms with Gasteiger partial charge in [0.05, 0.1) is 24.5 Å². The van der Waals surface area contributed by atoms with Crippen LogP contribution in [0.25, 0.3) is 11.4 Å². The third-order valence-corrected chi connectivity index (χ3v) is 7.04. The molecule has 3 aromatic rings. The molecule has 0 spiro atoms. The maximum Gasteiger partial charge on any atom is 0.233 e. The Labute approximate surface area is 196 Å². The standard InChI is InChI=1S/C24H26N4O4S/c1-27-23(17-6-3-4-8-19(17)30-2)25-26-24(27)33-15-22(29)28-11-5-7-18(28)16-9-10-20-21(14-16)32-13-12-31-20/h3-4,6,8-10,14,18H,5,7,11-13,15H2,1-2H3/t18-/m1/s1. The molecule has 33 heavy (non-hydrogen) atoms. The van der Waals surface area contributed by atoms with Crippen LogP contribution in [0.1, 0.15) is 24.4 Å². The Morgan fingerprint density at radius 1 is 1.15 bits per heavy atom. The number of hydrogen-bond acceptors (Lipinski definition) is 7. The smallest absolute Gasteiger partial charge is 0.233 e. The van der Waals surface area contributed by atoms with Crippen LogP contribution in [0, 0.1) is 0 Å². The SMILES string of the molecule is COc1ccccc1-c1nnc(SCC(=O)N2CCC[C@@H]2c2ccc3c(c2)OCCO3)n1C. The molecule has 2 aromatic carbocycles. The number of carbonyl (C=O) groups is 1. The third-order valence-electron chi connectivity index (χ3n) is 6.03. The second-order valence-electron chi connectivity index (χ2n) is 8.00. The van der Waals surface area contributed by atoms with Crippen LogP contribution in [0.2, 0.25) is 0 Å². The highest BCUT2D eigenvalue weighted by molar-refractivity contribution is 7.99. The Balaban J connectivity index is 1.28. The van der Waals surface area contributed by atoms with Crippen LogP contribution in [0.5, 0.6) is 17.2 Å². The summed E-state index contributed by atoms with van der Waals surface area (Å²) in [7, 11) is 3.54. The van der Waals surface area contributed by atoms with Crippen molar-refractivity contribution in [2.75, 3.05) is 32.6 Å². The average Bonchev–Trinajstić information content (AvgIpc) is 3.49. The van der Waals surface area contributed by atoms with E-state index < -0.39 is 0 Å². The topological polar surface area (TPSA) is 78.7 Å². The van der Waals surface area contributed by atoms with Crippen molar-refractivity contribution < 1.29 is 19.0 Å². The van der Waals surface area contributed by atoms with Gasteiger partial charge in [-0.1, -0.05) is 30.0 Å². The number of rotatable bonds is 6. The molecule has 1 atom stereocenters. The molecule has 1 aromatic heterocycles. The number of thioether (sulfide) groups is 1. The van der Waals surface area contributed by atoms with E-state index in [1.807, 2.05) is 59.0 Å². The summed E-state index contributed by atoms with van der Waals surface area (Å²) in [6.07, 6.45) is 1.93. The summed E-state index contributed by atoms with van der Waals surface area (Å²) in [5, 5.41) is 9.34. The number of likely N-dealkylation sites (tertiary alicyclic amines) is 1. The molecule has 5 rings (SSSR count). The van der Waals surface area contributed by atoms with Crippen LogP contribution in [0.4, 0.5) is 0 Å². The van der Waals surface area contributed by atoms with Crippen LogP contribution in [0.15, 0.2) is 47.6 Å². The summed E-state index contributed by atoms with van der Waals surface area (Å²) < 4.78 is 18.7. The van der Waals surface area contributed by atoms with Crippen molar-refractivity contribution in [3.8, 4) is 28.6 Å². The Bertz CT molecular complexity index is 1170. The quantitative estimate of drug-likeness (QED) is 0.513. The highest BCUT2D eigenvalue weighted by Gasteiger charge is 2.31. The maximum atomic E-state index is 13.2. The Hall–Kier alpha value is -3.20. The Morgan fingerprint density at radius 3 is 2.82 bits per heavy atom. The first-order valence-corrected chi connectivity index (χ1v) is 12.0. The average molecular weight is 467 g/mol. The molecule has 8 nitrogen and oxygen atoms in total. The minimum atomic E-state index is 0.0533. The lowest BCUT2D eigenvalue weighted by molar-refractivity contribution is -0.129. The number of fused-ring (bicyclic) bond motifs is 1. The summed E-state index contributed by atoms with van der Waals surface area (Å²) in [6.45, 7) is 1.87. The molecule has 0 unspecified atom stereocenters. The van der Waals surface area contributed by atoms with Gasteiger partial charge in [-0.3, -0.25) is 4.79 Å². The van der Waals surface area contributed by atoms with Crippen molar-refractivity contribution in [1.82, 2.24) is 19.7 Å². The van der Waals surface area contributed by atoms with E-state index in [-0.39, 0.29) is 11.9 Å². The van der Waals surface area contributed by atoms with E-state index >= 15 is 0 Å². The highest BCUT2D eigenvalue weighted by Crippen LogP contribution is 2.38. The van der Waals surface area contributed by atoms with Gasteiger partial charge in [0, 0.05) is 13.6 Å². The van der Waals surface area contributed by atoms with Crippen molar-refractivity contribution in [2.24, 2.45) is 7.05 Å². The van der Waals surface area contributed by atoms with E-state index in [0.717, 1.165) is 47.8 Å². The minimum absolute atomic E-state index is 0.0533. The number of carbonyl (C=O) groups excluding carboxylic acids is 1. The summed E-state index contributed by atoms with van der Waals surface area (Å²) in [5.41, 5.74) is 1.96. The molecule has 172 valence electrons. The Morgan fingerprint density at radius 2 is 1.97 bits per heavy atom. The monoisotopic (exact) mass is 466 g/mol. The van der Waals surface area contributed by atoms with E-state index in [2.05, 4.69) is 10.2 Å². The molecule has 2 aliphatic rings. The van der Waals surface area contributed by atoms with Crippen LogP contribution in [0.3, 0.4) is 0 Å². The molecule has 3 heterocycles. The molecule has 0 bridgehead atoms. The molecule has 1 amide bonds. The van der Waals surface area contributed by atoms with Gasteiger partial charge in [-0.15, -0.1) is 10.2 Å². The number of methoxy groups -OCH3 is 1. The van der Waals surface area contributed by atoms with Crippen LogP contribution in [-0.2, 0) is 11.8 Å². The fraction of sp³-hybridized carbons (Fsp3) is 0.375. The fourth-order valence-electron chi connectivity index (χ4n) is 4.39. The number of amides is 1. The van der Waals surface area contributed by atoms with Gasteiger partial charge in [0.1, 0.15) is 19.0 Å². The molecule has 1 saturated heterocycles. The lowest BCUT2D eigenvalue weighted by Gasteiger charge is -2.26. The van der Waals surface area contributed by atoms with Crippen LogP contribution >= 0.6 is 11.8 Å². The van der Waals surface area contributed by atoms with Gasteiger partial charge < -0.3 is 23.7 Å². The first kappa shape index (κ1) is 21.6. The Kier molecular flexibility index (Phi) is 6.13. The van der Waals surface area contributed by atoms with E-state index in [1.165, 1.54) is 11.8 Å². The highest BCUT2D eigenvalue weighted by atomic mass is 32.2. The van der Waals surface area contributed by atoms with Gasteiger partial charge in [-0.2, -0.15) is 0 Å². The summed E-state index contributed by atoms with van der Waals surface area (Å²) >= 11 is 1.40. The van der Waals surface area contributed by atoms with Gasteiger partial charge in [0.25, 0.3) is 0 Å². The molecule has 1 fully saturated rings. The van der Waals surface area contributed by atoms with Crippen LogP contribution < -0.4 is 14.2 Å². The first-order chi connectivity index (χ1) is 16.2. The molecule has 0 aliphatic carbocycles. The zero-order valence-electron chi connectivity index (χ0n) is 18.7. The zero-order valence-corrected chi connectivity index (χ0v) is 19.5. The predicted octanol–water partition coefficient (Wildman–Crippen LogP) is 3.72. The zero-order chi connectivity index (χ0) is 22.8. The van der Waals surface area contributed by atoms with Crippen molar-refractivity contribution in [3.63, 3.8) is 0 Å². The number of nitrogens with zero attached hydrogens (tertiary/aromatic N) is 4. The van der Waals surface area contributed by atoms with Crippen molar-refractivity contribution in [3.05, 3.63) is 48.0 Å². The lowest BCUT2D eigenvalue weighted by Crippen LogP contribution is -2.32. The lowest BCUT2D eigenvalue weighted by atomic mass is 10.0. The first-order valence-electron chi connectivity index (χ1n) is 11.0. The number of ether oxygens (including phenoxy) is 3. The van der Waals surface area contributed by atoms with Gasteiger partial charge in [0.15, 0.2) is 22.5 Å². The molecular formula is C24H26N4O4S. The normalized spacial score (nSPS) is 17.3. The van der Waals surface area contributed by atoms with E-state index in [1.54, 1.807) is 7.11 Å². The summed E-state index contributed by atoms with van der Waals surface area (Å²) in [6, 6.07) is 13.8. The number of para-hydroxylation sites is 1. The largest absolute Gasteiger partial charge is 0.496 e. The molecule has 0 radical (unpaired) electrons. The van der Waals surface area contributed by atoms with Crippen molar-refractivity contribution in [2.45, 2.75) is 24.0 Å². The summed E-state index contributed by atoms with van der Waals surface area (Å²) in [5.74, 6) is 3.37. The van der Waals surface area contributed by atoms with Crippen LogP contribution in [-0.4, -0.2) is 58.2 Å². The van der Waals surface area contributed by atoms with E-state index in [4.69, 9.17) is 14.2 Å². The van der Waals surface area contributed by atoms with Crippen molar-refractivity contribution >= 4 is 17.7 Å². The third kappa shape index (κ3) is 4.25. The van der Waals surface area contributed by atoms with Gasteiger partial charge >= 0.3 is 0 Å². The molecule has 0 saturated carbocycles. The molecule has 0 N–H and O–H groups in total. The second kappa shape index (κ2) is 9.35. The minimum Gasteiger partial charge on any atom is -0.496 e. The molecular weight excluding hydrogens is 440 g/mol.